The zero-order chi connectivity index (χ0) is 20.5. The van der Waals surface area contributed by atoms with Gasteiger partial charge >= 0.3 is 0 Å². The van der Waals surface area contributed by atoms with Gasteiger partial charge in [-0.2, -0.15) is 0 Å². The molecule has 4 rings (SSSR count). The van der Waals surface area contributed by atoms with Crippen LogP contribution in [0.4, 0.5) is 15.8 Å². The van der Waals surface area contributed by atoms with Crippen molar-refractivity contribution in [2.24, 2.45) is 5.73 Å². The quantitative estimate of drug-likeness (QED) is 0.594. The molecule has 3 heterocycles. The van der Waals surface area contributed by atoms with Gasteiger partial charge in [-0.1, -0.05) is 11.6 Å². The molecule has 1 saturated heterocycles. The number of ether oxygens (including phenoxy) is 1. The first kappa shape index (κ1) is 19.1. The van der Waals surface area contributed by atoms with Gasteiger partial charge < -0.3 is 20.8 Å². The first-order chi connectivity index (χ1) is 13.9. The number of H-pyrrole nitrogens is 1. The van der Waals surface area contributed by atoms with Crippen molar-refractivity contribution >= 4 is 28.9 Å². The number of nitrogens with two attached hydrogens (primary N) is 1. The van der Waals surface area contributed by atoms with Gasteiger partial charge in [0.2, 0.25) is 0 Å². The van der Waals surface area contributed by atoms with Gasteiger partial charge in [-0.15, -0.1) is 0 Å². The van der Waals surface area contributed by atoms with Crippen LogP contribution in [0.15, 0.2) is 47.5 Å². The van der Waals surface area contributed by atoms with E-state index in [0.717, 1.165) is 0 Å². The highest BCUT2D eigenvalue weighted by Gasteiger charge is 2.26. The SMILES string of the molecule is NC(=O)c1cnccc1Nc1cc(-c2cc(Cl)ccc2F)c(=O)[nH]c1C1COC1. The van der Waals surface area contributed by atoms with Crippen molar-refractivity contribution in [3.05, 3.63) is 75.2 Å². The predicted octanol–water partition coefficient (Wildman–Crippen LogP) is 3.19. The van der Waals surface area contributed by atoms with E-state index in [1.807, 2.05) is 0 Å². The molecule has 1 aliphatic heterocycles. The Bertz CT molecular complexity index is 1160. The summed E-state index contributed by atoms with van der Waals surface area (Å²) in [6.45, 7) is 0.878. The number of carbonyl (C=O) groups is 1. The number of amides is 1. The molecule has 1 aromatic carbocycles. The number of halogens is 2. The third-order valence-corrected chi connectivity index (χ3v) is 4.93. The van der Waals surface area contributed by atoms with Crippen LogP contribution < -0.4 is 16.6 Å². The van der Waals surface area contributed by atoms with E-state index in [0.29, 0.717) is 35.3 Å². The van der Waals surface area contributed by atoms with Crippen molar-refractivity contribution in [3.8, 4) is 11.1 Å². The number of aromatic nitrogens is 2. The number of anilines is 2. The molecule has 0 spiro atoms. The highest BCUT2D eigenvalue weighted by molar-refractivity contribution is 6.30. The molecule has 0 saturated carbocycles. The minimum absolute atomic E-state index is 0.0395. The third kappa shape index (κ3) is 3.72. The third-order valence-electron chi connectivity index (χ3n) is 4.69. The molecule has 0 atom stereocenters. The second-order valence-electron chi connectivity index (χ2n) is 6.61. The maximum absolute atomic E-state index is 14.4. The van der Waals surface area contributed by atoms with E-state index in [4.69, 9.17) is 22.1 Å². The Kier molecular flexibility index (Phi) is 5.04. The molecule has 4 N–H and O–H groups in total. The molecule has 1 aliphatic rings. The Hall–Kier alpha value is -3.23. The van der Waals surface area contributed by atoms with Crippen molar-refractivity contribution in [2.45, 2.75) is 5.92 Å². The van der Waals surface area contributed by atoms with Crippen molar-refractivity contribution in [2.75, 3.05) is 18.5 Å². The van der Waals surface area contributed by atoms with Gasteiger partial charge in [0.05, 0.1) is 35.7 Å². The van der Waals surface area contributed by atoms with Crippen LogP contribution in [0.2, 0.25) is 5.02 Å². The average molecular weight is 415 g/mol. The lowest BCUT2D eigenvalue weighted by molar-refractivity contribution is 0.00695. The number of nitrogens with zero attached hydrogens (tertiary/aromatic N) is 1. The summed E-state index contributed by atoms with van der Waals surface area (Å²) in [5, 5.41) is 3.42. The highest BCUT2D eigenvalue weighted by Crippen LogP contribution is 2.33. The van der Waals surface area contributed by atoms with Gasteiger partial charge in [0.1, 0.15) is 5.82 Å². The largest absolute Gasteiger partial charge is 0.380 e. The van der Waals surface area contributed by atoms with E-state index in [9.17, 15) is 14.0 Å². The number of aromatic amines is 1. The molecule has 7 nitrogen and oxygen atoms in total. The maximum Gasteiger partial charge on any atom is 0.256 e. The van der Waals surface area contributed by atoms with E-state index >= 15 is 0 Å². The lowest BCUT2D eigenvalue weighted by atomic mass is 9.98. The smallest absolute Gasteiger partial charge is 0.256 e. The van der Waals surface area contributed by atoms with Crippen molar-refractivity contribution < 1.29 is 13.9 Å². The number of carbonyl (C=O) groups excluding carboxylic acids is 1. The first-order valence-electron chi connectivity index (χ1n) is 8.75. The summed E-state index contributed by atoms with van der Waals surface area (Å²) in [5.74, 6) is -1.27. The maximum atomic E-state index is 14.4. The zero-order valence-corrected chi connectivity index (χ0v) is 15.8. The van der Waals surface area contributed by atoms with Crippen LogP contribution in [0.25, 0.3) is 11.1 Å². The Morgan fingerprint density at radius 1 is 1.24 bits per heavy atom. The minimum Gasteiger partial charge on any atom is -0.380 e. The molecular weight excluding hydrogens is 399 g/mol. The molecule has 0 unspecified atom stereocenters. The first-order valence-corrected chi connectivity index (χ1v) is 9.13. The second kappa shape index (κ2) is 7.65. The fourth-order valence-corrected chi connectivity index (χ4v) is 3.29. The average Bonchev–Trinajstić information content (AvgIpc) is 2.65. The van der Waals surface area contributed by atoms with Crippen LogP contribution >= 0.6 is 11.6 Å². The van der Waals surface area contributed by atoms with Crippen molar-refractivity contribution in [1.82, 2.24) is 9.97 Å². The van der Waals surface area contributed by atoms with Crippen molar-refractivity contribution in [3.63, 3.8) is 0 Å². The summed E-state index contributed by atoms with van der Waals surface area (Å²) in [5.41, 5.74) is 6.84. The number of hydrogen-bond donors (Lipinski definition) is 3. The van der Waals surface area contributed by atoms with Crippen LogP contribution in [-0.4, -0.2) is 29.1 Å². The fraction of sp³-hybridized carbons (Fsp3) is 0.150. The lowest BCUT2D eigenvalue weighted by Crippen LogP contribution is -2.29. The number of benzene rings is 1. The number of pyridine rings is 2. The zero-order valence-electron chi connectivity index (χ0n) is 15.0. The molecular formula is C20H16ClFN4O3. The van der Waals surface area contributed by atoms with Gasteiger partial charge in [-0.05, 0) is 30.3 Å². The Labute approximate surface area is 169 Å². The standard InChI is InChI=1S/C20H16ClFN4O3/c21-11-1-2-15(22)12(5-11)13-6-17(18(26-20(13)28)10-8-29-9-10)25-16-3-4-24-7-14(16)19(23)27/h1-7,10H,8-9H2,(H2,23,27)(H,24,25)(H,26,28). The lowest BCUT2D eigenvalue weighted by Gasteiger charge is -2.28. The van der Waals surface area contributed by atoms with Crippen LogP contribution in [0, 0.1) is 5.82 Å². The molecule has 3 aromatic rings. The second-order valence-corrected chi connectivity index (χ2v) is 7.04. The van der Waals surface area contributed by atoms with E-state index in [1.54, 1.807) is 6.07 Å². The molecule has 148 valence electrons. The summed E-state index contributed by atoms with van der Waals surface area (Å²) >= 11 is 5.99. The Morgan fingerprint density at radius 3 is 2.72 bits per heavy atom. The van der Waals surface area contributed by atoms with Crippen LogP contribution in [0.3, 0.4) is 0 Å². The Balaban J connectivity index is 1.86. The molecule has 1 amide bonds. The molecule has 29 heavy (non-hydrogen) atoms. The molecule has 0 bridgehead atoms. The summed E-state index contributed by atoms with van der Waals surface area (Å²) in [6, 6.07) is 7.12. The number of primary amides is 1. The molecule has 0 aliphatic carbocycles. The summed E-state index contributed by atoms with van der Waals surface area (Å²) in [4.78, 5) is 31.2. The Morgan fingerprint density at radius 2 is 2.03 bits per heavy atom. The summed E-state index contributed by atoms with van der Waals surface area (Å²) in [7, 11) is 0. The molecule has 2 aromatic heterocycles. The summed E-state index contributed by atoms with van der Waals surface area (Å²) in [6.07, 6.45) is 2.85. The van der Waals surface area contributed by atoms with Gasteiger partial charge in [0, 0.05) is 34.6 Å². The number of hydrogen-bond acceptors (Lipinski definition) is 5. The number of rotatable bonds is 5. The van der Waals surface area contributed by atoms with Gasteiger partial charge in [0.15, 0.2) is 0 Å². The van der Waals surface area contributed by atoms with E-state index < -0.39 is 17.3 Å². The summed E-state index contributed by atoms with van der Waals surface area (Å²) < 4.78 is 19.6. The molecule has 0 radical (unpaired) electrons. The molecule has 9 heteroatoms. The van der Waals surface area contributed by atoms with E-state index in [2.05, 4.69) is 15.3 Å². The highest BCUT2D eigenvalue weighted by atomic mass is 35.5. The van der Waals surface area contributed by atoms with Crippen LogP contribution in [0.5, 0.6) is 0 Å². The monoisotopic (exact) mass is 414 g/mol. The van der Waals surface area contributed by atoms with Gasteiger partial charge in [0.25, 0.3) is 11.5 Å². The predicted molar refractivity (Wildman–Crippen MR) is 107 cm³/mol. The topological polar surface area (TPSA) is 110 Å². The minimum atomic E-state index is -0.653. The fourth-order valence-electron chi connectivity index (χ4n) is 3.12. The van der Waals surface area contributed by atoms with E-state index in [1.165, 1.54) is 36.7 Å². The van der Waals surface area contributed by atoms with Crippen LogP contribution in [0.1, 0.15) is 22.0 Å². The van der Waals surface area contributed by atoms with Gasteiger partial charge in [-0.25, -0.2) is 4.39 Å². The molecule has 1 fully saturated rings. The van der Waals surface area contributed by atoms with Crippen LogP contribution in [-0.2, 0) is 4.74 Å². The van der Waals surface area contributed by atoms with Gasteiger partial charge in [-0.3, -0.25) is 14.6 Å². The normalized spacial score (nSPS) is 13.7. The van der Waals surface area contributed by atoms with Crippen molar-refractivity contribution in [1.29, 1.82) is 0 Å². The number of nitrogens with one attached hydrogen (secondary N) is 2. The van der Waals surface area contributed by atoms with E-state index in [-0.39, 0.29) is 22.6 Å².